The molecule has 6 heteroatoms. The molecule has 4 saturated heterocycles. The Morgan fingerprint density at radius 2 is 1.93 bits per heavy atom. The van der Waals surface area contributed by atoms with Gasteiger partial charge >= 0.3 is 0 Å². The highest BCUT2D eigenvalue weighted by Gasteiger charge is 2.55. The molecule has 0 N–H and O–H groups in total. The highest BCUT2D eigenvalue weighted by atomic mass is 19.2. The molecule has 5 heterocycles. The molecule has 1 aromatic carbocycles. The second kappa shape index (κ2) is 6.16. The number of rotatable bonds is 2. The summed E-state index contributed by atoms with van der Waals surface area (Å²) in [5.74, 6) is -0.876. The molecule has 6 rings (SSSR count). The number of fused-ring (bicyclic) bond motifs is 2. The van der Waals surface area contributed by atoms with Crippen LogP contribution in [0.5, 0.6) is 0 Å². The molecule has 142 valence electrons. The third-order valence-corrected chi connectivity index (χ3v) is 6.73. The number of piperidine rings is 3. The van der Waals surface area contributed by atoms with Crippen LogP contribution in [0.2, 0.25) is 0 Å². The number of halogens is 2. The first kappa shape index (κ1) is 16.9. The summed E-state index contributed by atoms with van der Waals surface area (Å²) in [4.78, 5) is 17.5. The molecule has 4 nitrogen and oxygen atoms in total. The van der Waals surface area contributed by atoms with E-state index in [1.807, 2.05) is 4.90 Å². The van der Waals surface area contributed by atoms with Crippen molar-refractivity contribution in [3.63, 3.8) is 0 Å². The summed E-state index contributed by atoms with van der Waals surface area (Å²) in [6.07, 6.45) is 3.62. The minimum absolute atomic E-state index is 0.0435. The van der Waals surface area contributed by atoms with Gasteiger partial charge in [-0.05, 0) is 56.5 Å². The average molecular weight is 372 g/mol. The van der Waals surface area contributed by atoms with Gasteiger partial charge in [-0.25, -0.2) is 8.78 Å². The fourth-order valence-electron chi connectivity index (χ4n) is 5.50. The maximum absolute atomic E-state index is 14.6. The molecule has 4 aliphatic heterocycles. The van der Waals surface area contributed by atoms with Crippen molar-refractivity contribution in [1.29, 1.82) is 0 Å². The quantitative estimate of drug-likeness (QED) is 0.809. The summed E-state index contributed by atoms with van der Waals surface area (Å²) in [7, 11) is 0. The van der Waals surface area contributed by atoms with E-state index in [9.17, 15) is 13.6 Å². The van der Waals surface area contributed by atoms with Crippen LogP contribution in [0.4, 0.5) is 8.78 Å². The molecule has 1 amide bonds. The predicted octanol–water partition coefficient (Wildman–Crippen LogP) is 3.57. The zero-order valence-corrected chi connectivity index (χ0v) is 15.2. The molecule has 4 fully saturated rings. The normalized spacial score (nSPS) is 32.0. The lowest BCUT2D eigenvalue weighted by molar-refractivity contribution is -0.00364. The highest BCUT2D eigenvalue weighted by Crippen LogP contribution is 2.47. The van der Waals surface area contributed by atoms with Crippen LogP contribution in [0.25, 0.3) is 0 Å². The number of nitrogens with zero attached hydrogens (tertiary/aromatic N) is 2. The van der Waals surface area contributed by atoms with E-state index in [4.69, 9.17) is 4.42 Å². The van der Waals surface area contributed by atoms with E-state index in [0.29, 0.717) is 29.3 Å². The summed E-state index contributed by atoms with van der Waals surface area (Å²) in [5, 5.41) is 0. The maximum atomic E-state index is 14.6. The Bertz CT molecular complexity index is 888. The van der Waals surface area contributed by atoms with Crippen LogP contribution in [0.3, 0.4) is 0 Å². The molecule has 3 atom stereocenters. The minimum Gasteiger partial charge on any atom is -0.469 e. The molecule has 27 heavy (non-hydrogen) atoms. The fourth-order valence-corrected chi connectivity index (χ4v) is 5.50. The highest BCUT2D eigenvalue weighted by molar-refractivity contribution is 5.95. The Hall–Kier alpha value is -2.21. The number of carbonyl (C=O) groups excluding carboxylic acids is 1. The van der Waals surface area contributed by atoms with Gasteiger partial charge in [0.15, 0.2) is 11.6 Å². The molecule has 2 bridgehead atoms. The number of amides is 1. The monoisotopic (exact) mass is 372 g/mol. The molecule has 0 aliphatic carbocycles. The van der Waals surface area contributed by atoms with Gasteiger partial charge < -0.3 is 9.32 Å². The topological polar surface area (TPSA) is 36.7 Å². The van der Waals surface area contributed by atoms with E-state index in [-0.39, 0.29) is 23.9 Å². The number of benzene rings is 1. The average Bonchev–Trinajstić information content (AvgIpc) is 3.30. The summed E-state index contributed by atoms with van der Waals surface area (Å²) in [6.45, 7) is 4.12. The van der Waals surface area contributed by atoms with Crippen LogP contribution in [0.15, 0.2) is 34.9 Å². The first-order chi connectivity index (χ1) is 13.1. The van der Waals surface area contributed by atoms with Gasteiger partial charge in [0.2, 0.25) is 0 Å². The Balaban J connectivity index is 1.57. The van der Waals surface area contributed by atoms with Crippen molar-refractivity contribution in [2.45, 2.75) is 37.8 Å². The second-order valence-electron chi connectivity index (χ2n) is 7.95. The zero-order valence-electron chi connectivity index (χ0n) is 15.2. The fraction of sp³-hybridized carbons (Fsp3) is 0.476. The molecule has 4 aliphatic rings. The van der Waals surface area contributed by atoms with Gasteiger partial charge in [-0.1, -0.05) is 12.1 Å². The number of likely N-dealkylation sites (tertiary alicyclic amines) is 1. The second-order valence-corrected chi connectivity index (χ2v) is 7.95. The van der Waals surface area contributed by atoms with Crippen LogP contribution in [0.1, 0.15) is 40.4 Å². The number of hydrogen-bond acceptors (Lipinski definition) is 3. The Morgan fingerprint density at radius 3 is 2.63 bits per heavy atom. The maximum Gasteiger partial charge on any atom is 0.257 e. The van der Waals surface area contributed by atoms with Gasteiger partial charge in [0.25, 0.3) is 5.91 Å². The molecular formula is C21H22F2N2O2. The number of carbonyl (C=O) groups is 1. The number of aryl methyl sites for hydroxylation is 1. The summed E-state index contributed by atoms with van der Waals surface area (Å²) >= 11 is 0. The Kier molecular flexibility index (Phi) is 3.86. The molecule has 1 aromatic heterocycles. The first-order valence-corrected chi connectivity index (χ1v) is 9.59. The van der Waals surface area contributed by atoms with Crippen molar-refractivity contribution in [3.8, 4) is 0 Å². The Morgan fingerprint density at radius 1 is 1.15 bits per heavy atom. The van der Waals surface area contributed by atoms with E-state index < -0.39 is 11.6 Å². The minimum atomic E-state index is -0.824. The lowest BCUT2D eigenvalue weighted by Gasteiger charge is -2.51. The molecule has 0 saturated carbocycles. The van der Waals surface area contributed by atoms with E-state index in [1.54, 1.807) is 25.1 Å². The zero-order chi connectivity index (χ0) is 18.7. The van der Waals surface area contributed by atoms with Crippen LogP contribution in [0, 0.1) is 24.5 Å². The SMILES string of the molecule is Cc1occc1C(=O)N1C[C@H](c2cccc(F)c2F)[C@@H]2[C@H]1C1CCN2CC1. The number of furan rings is 1. The van der Waals surface area contributed by atoms with Gasteiger partial charge in [-0.3, -0.25) is 9.69 Å². The smallest absolute Gasteiger partial charge is 0.257 e. The van der Waals surface area contributed by atoms with E-state index in [2.05, 4.69) is 4.90 Å². The van der Waals surface area contributed by atoms with Crippen molar-refractivity contribution in [1.82, 2.24) is 9.80 Å². The third-order valence-electron chi connectivity index (χ3n) is 6.73. The van der Waals surface area contributed by atoms with Crippen molar-refractivity contribution < 1.29 is 18.0 Å². The Labute approximate surface area is 156 Å². The van der Waals surface area contributed by atoms with Crippen molar-refractivity contribution in [2.75, 3.05) is 19.6 Å². The molecule has 2 aromatic rings. The largest absolute Gasteiger partial charge is 0.469 e. The molecule has 0 radical (unpaired) electrons. The van der Waals surface area contributed by atoms with Crippen molar-refractivity contribution >= 4 is 5.91 Å². The van der Waals surface area contributed by atoms with Gasteiger partial charge in [0.1, 0.15) is 5.76 Å². The van der Waals surface area contributed by atoms with Gasteiger partial charge in [0, 0.05) is 18.5 Å². The first-order valence-electron chi connectivity index (χ1n) is 9.59. The summed E-state index contributed by atoms with van der Waals surface area (Å²) in [6, 6.07) is 6.16. The van der Waals surface area contributed by atoms with E-state index >= 15 is 0 Å². The summed E-state index contributed by atoms with van der Waals surface area (Å²) in [5.41, 5.74) is 0.947. The van der Waals surface area contributed by atoms with Gasteiger partial charge in [-0.15, -0.1) is 0 Å². The third kappa shape index (κ3) is 2.46. The predicted molar refractivity (Wildman–Crippen MR) is 95.5 cm³/mol. The number of hydrogen-bond donors (Lipinski definition) is 0. The van der Waals surface area contributed by atoms with Gasteiger partial charge in [-0.2, -0.15) is 0 Å². The van der Waals surface area contributed by atoms with Crippen molar-refractivity contribution in [2.24, 2.45) is 5.92 Å². The lowest BCUT2D eigenvalue weighted by Crippen LogP contribution is -2.60. The summed E-state index contributed by atoms with van der Waals surface area (Å²) < 4.78 is 33.8. The standard InChI is InChI=1S/C21H22F2N2O2/c1-12-14(7-10-27-12)21(26)25-11-16(15-3-2-4-17(22)18(15)23)20-19(25)13-5-8-24(20)9-6-13/h2-4,7,10,13,16,19-20H,5-6,8-9,11H2,1H3/t16-,19-,20-/m1/s1. The molecule has 0 spiro atoms. The van der Waals surface area contributed by atoms with Gasteiger partial charge in [0.05, 0.1) is 17.9 Å². The van der Waals surface area contributed by atoms with E-state index in [0.717, 1.165) is 32.0 Å². The van der Waals surface area contributed by atoms with Crippen LogP contribution >= 0.6 is 0 Å². The molecular weight excluding hydrogens is 350 g/mol. The van der Waals surface area contributed by atoms with Crippen LogP contribution < -0.4 is 0 Å². The van der Waals surface area contributed by atoms with E-state index in [1.165, 1.54) is 6.26 Å². The van der Waals surface area contributed by atoms with Crippen molar-refractivity contribution in [3.05, 3.63) is 59.1 Å². The lowest BCUT2D eigenvalue weighted by atomic mass is 9.75. The van der Waals surface area contributed by atoms with Crippen LogP contribution in [-0.2, 0) is 0 Å². The molecule has 0 unspecified atom stereocenters. The van der Waals surface area contributed by atoms with Crippen LogP contribution in [-0.4, -0.2) is 47.4 Å².